The smallest absolute Gasteiger partial charge is 0.326 e. The normalized spacial score (nSPS) is 15.4. The van der Waals surface area contributed by atoms with E-state index in [1.165, 1.54) is 0 Å². The van der Waals surface area contributed by atoms with E-state index in [2.05, 4.69) is 10.6 Å². The van der Waals surface area contributed by atoms with Crippen molar-refractivity contribution in [1.82, 2.24) is 5.32 Å². The van der Waals surface area contributed by atoms with Gasteiger partial charge in [-0.2, -0.15) is 0 Å². The molecule has 2 amide bonds. The first-order valence-electron chi connectivity index (χ1n) is 6.93. The predicted molar refractivity (Wildman–Crippen MR) is 80.3 cm³/mol. The Morgan fingerprint density at radius 3 is 2.52 bits per heavy atom. The molecule has 1 atom stereocenters. The molecule has 0 bridgehead atoms. The summed E-state index contributed by atoms with van der Waals surface area (Å²) in [5.41, 5.74) is 0.672. The Hall–Kier alpha value is -2.56. The van der Waals surface area contributed by atoms with Crippen LogP contribution in [0.3, 0.4) is 0 Å². The van der Waals surface area contributed by atoms with E-state index in [1.807, 2.05) is 36.4 Å². The molecule has 1 saturated carbocycles. The fourth-order valence-corrected chi connectivity index (χ4v) is 2.44. The van der Waals surface area contributed by atoms with Gasteiger partial charge in [0.15, 0.2) is 0 Å². The summed E-state index contributed by atoms with van der Waals surface area (Å²) in [5.74, 6) is -0.925. The lowest BCUT2D eigenvalue weighted by Crippen LogP contribution is -2.44. The van der Waals surface area contributed by atoms with E-state index < -0.39 is 18.0 Å². The Balaban J connectivity index is 1.75. The van der Waals surface area contributed by atoms with E-state index in [1.54, 1.807) is 6.07 Å². The minimum Gasteiger partial charge on any atom is -0.480 e. The number of hydrogen-bond donors (Lipinski definition) is 3. The molecule has 1 unspecified atom stereocenters. The zero-order valence-electron chi connectivity index (χ0n) is 11.4. The second kappa shape index (κ2) is 5.44. The summed E-state index contributed by atoms with van der Waals surface area (Å²) >= 11 is 0. The summed E-state index contributed by atoms with van der Waals surface area (Å²) < 4.78 is 0. The van der Waals surface area contributed by atoms with E-state index in [0.717, 1.165) is 23.6 Å². The molecule has 0 aromatic heterocycles. The van der Waals surface area contributed by atoms with Crippen LogP contribution in [0.4, 0.5) is 10.5 Å². The summed E-state index contributed by atoms with van der Waals surface area (Å²) in [6, 6.07) is 12.0. The summed E-state index contributed by atoms with van der Waals surface area (Å²) in [6.45, 7) is 0. The zero-order valence-corrected chi connectivity index (χ0v) is 11.4. The van der Waals surface area contributed by atoms with Gasteiger partial charge in [-0.15, -0.1) is 0 Å². The van der Waals surface area contributed by atoms with Crippen LogP contribution in [0.25, 0.3) is 10.8 Å². The summed E-state index contributed by atoms with van der Waals surface area (Å²) in [6.07, 6.45) is 1.71. The molecule has 3 rings (SSSR count). The molecule has 5 nitrogen and oxygen atoms in total. The number of carbonyl (C=O) groups is 2. The Bertz CT molecular complexity index is 689. The number of fused-ring (bicyclic) bond motifs is 1. The van der Waals surface area contributed by atoms with Crippen molar-refractivity contribution < 1.29 is 14.7 Å². The van der Waals surface area contributed by atoms with Crippen molar-refractivity contribution in [3.63, 3.8) is 0 Å². The number of benzene rings is 2. The van der Waals surface area contributed by atoms with E-state index in [9.17, 15) is 9.59 Å². The summed E-state index contributed by atoms with van der Waals surface area (Å²) in [5, 5.41) is 16.4. The van der Waals surface area contributed by atoms with E-state index in [-0.39, 0.29) is 5.92 Å². The fourth-order valence-electron chi connectivity index (χ4n) is 2.44. The number of carboxylic acid groups (broad SMARTS) is 1. The van der Waals surface area contributed by atoms with Crippen molar-refractivity contribution in [3.8, 4) is 0 Å². The number of anilines is 1. The van der Waals surface area contributed by atoms with Gasteiger partial charge in [0.2, 0.25) is 0 Å². The molecule has 0 saturated heterocycles. The van der Waals surface area contributed by atoms with Gasteiger partial charge in [-0.3, -0.25) is 0 Å². The van der Waals surface area contributed by atoms with Gasteiger partial charge in [0.05, 0.1) is 5.69 Å². The van der Waals surface area contributed by atoms with E-state index in [4.69, 9.17) is 5.11 Å². The highest BCUT2D eigenvalue weighted by Crippen LogP contribution is 2.32. The molecule has 1 fully saturated rings. The molecule has 5 heteroatoms. The lowest BCUT2D eigenvalue weighted by Gasteiger charge is -2.15. The number of rotatable bonds is 4. The third-order valence-corrected chi connectivity index (χ3v) is 3.68. The van der Waals surface area contributed by atoms with Crippen molar-refractivity contribution in [2.75, 3.05) is 5.32 Å². The third kappa shape index (κ3) is 2.97. The highest BCUT2D eigenvalue weighted by molar-refractivity contribution is 6.02. The summed E-state index contributed by atoms with van der Waals surface area (Å²) in [4.78, 5) is 23.2. The topological polar surface area (TPSA) is 78.4 Å². The maximum absolute atomic E-state index is 12.0. The number of urea groups is 1. The second-order valence-electron chi connectivity index (χ2n) is 5.28. The highest BCUT2D eigenvalue weighted by Gasteiger charge is 2.37. The van der Waals surface area contributed by atoms with Gasteiger partial charge >= 0.3 is 12.0 Å². The first-order chi connectivity index (χ1) is 10.1. The minimum atomic E-state index is -0.981. The largest absolute Gasteiger partial charge is 0.480 e. The summed E-state index contributed by atoms with van der Waals surface area (Å²) in [7, 11) is 0. The minimum absolute atomic E-state index is 0.0563. The molecule has 2 aromatic rings. The molecule has 0 radical (unpaired) electrons. The van der Waals surface area contributed by atoms with Gasteiger partial charge < -0.3 is 15.7 Å². The van der Waals surface area contributed by atoms with Gasteiger partial charge in [0.1, 0.15) is 6.04 Å². The van der Waals surface area contributed by atoms with Crippen LogP contribution in [0.5, 0.6) is 0 Å². The van der Waals surface area contributed by atoms with Gasteiger partial charge in [0.25, 0.3) is 0 Å². The van der Waals surface area contributed by atoms with Gasteiger partial charge in [0, 0.05) is 5.39 Å². The number of nitrogens with one attached hydrogen (secondary N) is 2. The number of amides is 2. The Kier molecular flexibility index (Phi) is 3.48. The van der Waals surface area contributed by atoms with Crippen LogP contribution in [0.15, 0.2) is 42.5 Å². The molecule has 0 heterocycles. The molecule has 1 aliphatic rings. The molecule has 108 valence electrons. The molecular formula is C16H16N2O3. The van der Waals surface area contributed by atoms with Crippen molar-refractivity contribution in [3.05, 3.63) is 42.5 Å². The monoisotopic (exact) mass is 284 g/mol. The van der Waals surface area contributed by atoms with Crippen molar-refractivity contribution >= 4 is 28.5 Å². The van der Waals surface area contributed by atoms with Gasteiger partial charge in [-0.25, -0.2) is 9.59 Å². The number of hydrogen-bond acceptors (Lipinski definition) is 2. The number of carboxylic acids is 1. The molecule has 2 aromatic carbocycles. The third-order valence-electron chi connectivity index (χ3n) is 3.68. The number of aliphatic carboxylic acids is 1. The van der Waals surface area contributed by atoms with E-state index >= 15 is 0 Å². The average molecular weight is 284 g/mol. The lowest BCUT2D eigenvalue weighted by molar-refractivity contribution is -0.139. The van der Waals surface area contributed by atoms with E-state index in [0.29, 0.717) is 5.69 Å². The molecule has 1 aliphatic carbocycles. The van der Waals surface area contributed by atoms with Crippen LogP contribution in [-0.4, -0.2) is 23.1 Å². The zero-order chi connectivity index (χ0) is 14.8. The average Bonchev–Trinajstić information content (AvgIpc) is 3.29. The van der Waals surface area contributed by atoms with Crippen LogP contribution in [-0.2, 0) is 4.79 Å². The molecule has 3 N–H and O–H groups in total. The first-order valence-corrected chi connectivity index (χ1v) is 6.93. The van der Waals surface area contributed by atoms with Crippen molar-refractivity contribution in [2.24, 2.45) is 5.92 Å². The first kappa shape index (κ1) is 13.4. The maximum atomic E-state index is 12.0. The van der Waals surface area contributed by atoms with Crippen LogP contribution >= 0.6 is 0 Å². The maximum Gasteiger partial charge on any atom is 0.326 e. The van der Waals surface area contributed by atoms with Crippen molar-refractivity contribution in [1.29, 1.82) is 0 Å². The van der Waals surface area contributed by atoms with Gasteiger partial charge in [-0.05, 0) is 30.2 Å². The number of carbonyl (C=O) groups excluding carboxylic acids is 1. The van der Waals surface area contributed by atoms with Crippen LogP contribution < -0.4 is 10.6 Å². The van der Waals surface area contributed by atoms with Crippen LogP contribution in [0.1, 0.15) is 12.8 Å². The Morgan fingerprint density at radius 2 is 1.81 bits per heavy atom. The molecule has 0 spiro atoms. The Morgan fingerprint density at radius 1 is 1.10 bits per heavy atom. The standard InChI is InChI=1S/C16H16N2O3/c19-15(20)14(11-8-9-11)18-16(21)17-13-7-3-5-10-4-1-2-6-12(10)13/h1-7,11,14H,8-9H2,(H,19,20)(H2,17,18,21). The van der Waals surface area contributed by atoms with Gasteiger partial charge in [-0.1, -0.05) is 36.4 Å². The quantitative estimate of drug-likeness (QED) is 0.807. The molecular weight excluding hydrogens is 268 g/mol. The SMILES string of the molecule is O=C(Nc1cccc2ccccc12)NC(C(=O)O)C1CC1. The highest BCUT2D eigenvalue weighted by atomic mass is 16.4. The molecule has 21 heavy (non-hydrogen) atoms. The fraction of sp³-hybridized carbons (Fsp3) is 0.250. The van der Waals surface area contributed by atoms with Crippen LogP contribution in [0.2, 0.25) is 0 Å². The Labute approximate surface area is 122 Å². The predicted octanol–water partition coefficient (Wildman–Crippen LogP) is 2.82. The second-order valence-corrected chi connectivity index (χ2v) is 5.28. The van der Waals surface area contributed by atoms with Crippen molar-refractivity contribution in [2.45, 2.75) is 18.9 Å². The lowest BCUT2D eigenvalue weighted by atomic mass is 10.1. The van der Waals surface area contributed by atoms with Crippen LogP contribution in [0, 0.1) is 5.92 Å². The molecule has 0 aliphatic heterocycles.